The van der Waals surface area contributed by atoms with Crippen LogP contribution in [-0.2, 0) is 11.2 Å². The zero-order valence-electron chi connectivity index (χ0n) is 19.6. The van der Waals surface area contributed by atoms with Gasteiger partial charge in [-0.25, -0.2) is 4.39 Å². The summed E-state index contributed by atoms with van der Waals surface area (Å²) in [5.41, 5.74) is 1.94. The van der Waals surface area contributed by atoms with Crippen molar-refractivity contribution >= 4 is 39.8 Å². The van der Waals surface area contributed by atoms with E-state index < -0.39 is 5.97 Å². The number of aliphatic carboxylic acids is 1. The fourth-order valence-electron chi connectivity index (χ4n) is 4.88. The highest BCUT2D eigenvalue weighted by molar-refractivity contribution is 7.10. The molecule has 1 aliphatic heterocycles. The van der Waals surface area contributed by atoms with Gasteiger partial charge in [-0.15, -0.1) is 11.3 Å². The maximum absolute atomic E-state index is 13.1. The minimum Gasteiger partial charge on any atom is -0.497 e. The first-order valence-corrected chi connectivity index (χ1v) is 13.0. The maximum atomic E-state index is 13.1. The third-order valence-electron chi connectivity index (χ3n) is 6.63. The number of carboxylic acids is 1. The van der Waals surface area contributed by atoms with Crippen molar-refractivity contribution in [2.24, 2.45) is 11.8 Å². The number of nitrogens with zero attached hydrogens (tertiary/aromatic N) is 2. The van der Waals surface area contributed by atoms with Crippen molar-refractivity contribution < 1.29 is 19.0 Å². The number of carbonyl (C=O) groups is 1. The van der Waals surface area contributed by atoms with Gasteiger partial charge in [-0.1, -0.05) is 23.4 Å². The Balaban J connectivity index is 1.38. The first-order chi connectivity index (χ1) is 16.9. The number of rotatable bonds is 8. The Bertz CT molecular complexity index is 1250. The summed E-state index contributed by atoms with van der Waals surface area (Å²) >= 11 is 7.80. The lowest BCUT2D eigenvalue weighted by molar-refractivity contribution is -0.139. The standard InChI is InChI=1S/C27H28ClFN2O3S/c1-34-21-7-8-26-24(14-21)23(25(28)15-30-26)6-2-4-18-9-11-31(16-19(18)12-27(32)33)10-3-5-22-13-20(29)17-35-22/h7-8,13-15,17-19H,2,4,6,9-12,16H2,1H3,(H,32,33). The number of carboxylic acid groups (broad SMARTS) is 1. The average Bonchev–Trinajstić information content (AvgIpc) is 3.25. The maximum Gasteiger partial charge on any atom is 0.303 e. The largest absolute Gasteiger partial charge is 0.497 e. The first kappa shape index (κ1) is 25.4. The van der Waals surface area contributed by atoms with Crippen molar-refractivity contribution in [2.45, 2.75) is 32.1 Å². The molecule has 1 N–H and O–H groups in total. The molecule has 1 aromatic carbocycles. The Kier molecular flexibility index (Phi) is 8.61. The van der Waals surface area contributed by atoms with E-state index >= 15 is 0 Å². The molecule has 2 atom stereocenters. The van der Waals surface area contributed by atoms with Gasteiger partial charge >= 0.3 is 5.97 Å². The molecule has 1 aliphatic rings. The third-order valence-corrected chi connectivity index (χ3v) is 7.77. The van der Waals surface area contributed by atoms with E-state index in [1.807, 2.05) is 18.2 Å². The average molecular weight is 515 g/mol. The number of ether oxygens (including phenoxy) is 1. The molecule has 0 spiro atoms. The third kappa shape index (κ3) is 6.72. The molecule has 2 unspecified atom stereocenters. The fraction of sp³-hybridized carbons (Fsp3) is 0.407. The smallest absolute Gasteiger partial charge is 0.303 e. The molecule has 2 aromatic heterocycles. The van der Waals surface area contributed by atoms with E-state index in [2.05, 4.69) is 21.7 Å². The second kappa shape index (κ2) is 11.9. The summed E-state index contributed by atoms with van der Waals surface area (Å²) in [5.74, 6) is 6.27. The Labute approximate surface area is 213 Å². The Morgan fingerprint density at radius 1 is 1.37 bits per heavy atom. The SMILES string of the molecule is COc1ccc2ncc(Cl)c(CCCC3CCN(CC#Cc4cc(F)cs4)CC3CC(=O)O)c2c1. The molecular weight excluding hydrogens is 487 g/mol. The van der Waals surface area contributed by atoms with Crippen molar-refractivity contribution in [3.8, 4) is 17.6 Å². The molecule has 3 heterocycles. The van der Waals surface area contributed by atoms with Crippen molar-refractivity contribution in [2.75, 3.05) is 26.7 Å². The fourth-order valence-corrected chi connectivity index (χ4v) is 5.74. The van der Waals surface area contributed by atoms with Crippen molar-refractivity contribution in [3.63, 3.8) is 0 Å². The summed E-state index contributed by atoms with van der Waals surface area (Å²) in [6, 6.07) is 7.23. The quantitative estimate of drug-likeness (QED) is 0.380. The van der Waals surface area contributed by atoms with E-state index in [1.54, 1.807) is 13.3 Å². The van der Waals surface area contributed by atoms with Crippen LogP contribution in [0, 0.1) is 29.5 Å². The number of benzene rings is 1. The van der Waals surface area contributed by atoms with E-state index in [0.29, 0.717) is 28.9 Å². The summed E-state index contributed by atoms with van der Waals surface area (Å²) in [5, 5.41) is 12.6. The van der Waals surface area contributed by atoms with Gasteiger partial charge < -0.3 is 9.84 Å². The highest BCUT2D eigenvalue weighted by Gasteiger charge is 2.30. The molecule has 0 bridgehead atoms. The van der Waals surface area contributed by atoms with Gasteiger partial charge in [0.2, 0.25) is 0 Å². The lowest BCUT2D eigenvalue weighted by Crippen LogP contribution is -2.41. The minimum atomic E-state index is -0.766. The molecule has 0 aliphatic carbocycles. The molecule has 5 nitrogen and oxygen atoms in total. The summed E-state index contributed by atoms with van der Waals surface area (Å²) in [4.78, 5) is 18.9. The molecule has 3 aromatic rings. The second-order valence-electron chi connectivity index (χ2n) is 8.93. The summed E-state index contributed by atoms with van der Waals surface area (Å²) in [6.45, 7) is 2.15. The van der Waals surface area contributed by atoms with Gasteiger partial charge in [-0.05, 0) is 67.8 Å². The van der Waals surface area contributed by atoms with Crippen LogP contribution in [0.2, 0.25) is 5.02 Å². The van der Waals surface area contributed by atoms with Gasteiger partial charge in [0, 0.05) is 36.0 Å². The van der Waals surface area contributed by atoms with E-state index in [1.165, 1.54) is 22.8 Å². The van der Waals surface area contributed by atoms with Crippen LogP contribution in [0.4, 0.5) is 4.39 Å². The van der Waals surface area contributed by atoms with Crippen LogP contribution in [0.5, 0.6) is 5.75 Å². The molecule has 0 saturated carbocycles. The van der Waals surface area contributed by atoms with Crippen LogP contribution in [0.3, 0.4) is 0 Å². The van der Waals surface area contributed by atoms with Crippen LogP contribution >= 0.6 is 22.9 Å². The van der Waals surface area contributed by atoms with Gasteiger partial charge in [-0.2, -0.15) is 0 Å². The zero-order valence-corrected chi connectivity index (χ0v) is 21.2. The Morgan fingerprint density at radius 2 is 2.23 bits per heavy atom. The van der Waals surface area contributed by atoms with E-state index in [-0.39, 0.29) is 18.2 Å². The summed E-state index contributed by atoms with van der Waals surface area (Å²) < 4.78 is 18.5. The minimum absolute atomic E-state index is 0.0759. The van der Waals surface area contributed by atoms with Crippen LogP contribution in [0.15, 0.2) is 35.8 Å². The van der Waals surface area contributed by atoms with Gasteiger partial charge in [0.05, 0.1) is 29.1 Å². The van der Waals surface area contributed by atoms with E-state index in [4.69, 9.17) is 16.3 Å². The molecule has 1 saturated heterocycles. The molecule has 0 radical (unpaired) electrons. The lowest BCUT2D eigenvalue weighted by Gasteiger charge is -2.37. The van der Waals surface area contributed by atoms with E-state index in [9.17, 15) is 14.3 Å². The predicted molar refractivity (Wildman–Crippen MR) is 138 cm³/mol. The van der Waals surface area contributed by atoms with E-state index in [0.717, 1.165) is 54.4 Å². The molecule has 0 amide bonds. The van der Waals surface area contributed by atoms with Gasteiger partial charge in [-0.3, -0.25) is 14.7 Å². The van der Waals surface area contributed by atoms with Gasteiger partial charge in [0.1, 0.15) is 11.6 Å². The Hall–Kier alpha value is -2.66. The molecule has 35 heavy (non-hydrogen) atoms. The molecule has 4 rings (SSSR count). The number of piperidine rings is 1. The van der Waals surface area contributed by atoms with Crippen molar-refractivity contribution in [1.29, 1.82) is 0 Å². The number of hydrogen-bond acceptors (Lipinski definition) is 5. The highest BCUT2D eigenvalue weighted by atomic mass is 35.5. The van der Waals surface area contributed by atoms with Gasteiger partial charge in [0.25, 0.3) is 0 Å². The number of thiophene rings is 1. The normalized spacial score (nSPS) is 18.3. The number of fused-ring (bicyclic) bond motifs is 1. The first-order valence-electron chi connectivity index (χ1n) is 11.7. The summed E-state index contributed by atoms with van der Waals surface area (Å²) in [7, 11) is 1.64. The number of methoxy groups -OCH3 is 1. The number of aryl methyl sites for hydroxylation is 1. The zero-order chi connectivity index (χ0) is 24.8. The van der Waals surface area contributed by atoms with Gasteiger partial charge in [0.15, 0.2) is 0 Å². The molecular formula is C27H28ClFN2O3S. The molecule has 1 fully saturated rings. The Morgan fingerprint density at radius 3 is 2.97 bits per heavy atom. The lowest BCUT2D eigenvalue weighted by atomic mass is 9.80. The highest BCUT2D eigenvalue weighted by Crippen LogP contribution is 2.33. The second-order valence-corrected chi connectivity index (χ2v) is 10.3. The van der Waals surface area contributed by atoms with Crippen LogP contribution in [0.25, 0.3) is 10.9 Å². The number of likely N-dealkylation sites (tertiary alicyclic amines) is 1. The number of halogens is 2. The predicted octanol–water partition coefficient (Wildman–Crippen LogP) is 5.88. The van der Waals surface area contributed by atoms with Crippen LogP contribution in [-0.4, -0.2) is 47.7 Å². The van der Waals surface area contributed by atoms with Crippen LogP contribution in [0.1, 0.15) is 36.1 Å². The number of pyridine rings is 1. The number of aromatic nitrogens is 1. The molecule has 184 valence electrons. The molecule has 8 heteroatoms. The monoisotopic (exact) mass is 514 g/mol. The van der Waals surface area contributed by atoms with Crippen LogP contribution < -0.4 is 4.74 Å². The number of hydrogen-bond donors (Lipinski definition) is 1. The van der Waals surface area contributed by atoms with Crippen molar-refractivity contribution in [3.05, 3.63) is 57.1 Å². The topological polar surface area (TPSA) is 62.7 Å². The summed E-state index contributed by atoms with van der Waals surface area (Å²) in [6.07, 6.45) is 5.44. The van der Waals surface area contributed by atoms with Crippen molar-refractivity contribution in [1.82, 2.24) is 9.88 Å².